The highest BCUT2D eigenvalue weighted by Gasteiger charge is 2.49. The highest BCUT2D eigenvalue weighted by Crippen LogP contribution is 2.49. The third kappa shape index (κ3) is 3.77. The second kappa shape index (κ2) is 8.54. The lowest BCUT2D eigenvalue weighted by molar-refractivity contribution is -0.122. The Kier molecular flexibility index (Phi) is 5.42. The number of piperidine rings is 1. The van der Waals surface area contributed by atoms with Crippen molar-refractivity contribution in [3.8, 4) is 11.5 Å². The molecule has 0 aliphatic carbocycles. The second-order valence-corrected chi connectivity index (χ2v) is 8.26. The third-order valence-corrected chi connectivity index (χ3v) is 6.46. The van der Waals surface area contributed by atoms with Crippen LogP contribution in [-0.4, -0.2) is 46.9 Å². The topological polar surface area (TPSA) is 93.7 Å². The van der Waals surface area contributed by atoms with Gasteiger partial charge in [0.15, 0.2) is 11.5 Å². The molecular weight excluding hydrogens is 420 g/mol. The zero-order chi connectivity index (χ0) is 22.8. The van der Waals surface area contributed by atoms with Gasteiger partial charge in [-0.05, 0) is 54.3 Å². The van der Waals surface area contributed by atoms with E-state index in [0.717, 1.165) is 16.8 Å². The predicted octanol–water partition coefficient (Wildman–Crippen LogP) is 3.19. The van der Waals surface area contributed by atoms with Gasteiger partial charge >= 0.3 is 0 Å². The van der Waals surface area contributed by atoms with Crippen LogP contribution in [-0.2, 0) is 16.8 Å². The Bertz CT molecular complexity index is 1180. The smallest absolute Gasteiger partial charge is 0.255 e. The molecule has 1 saturated heterocycles. The highest BCUT2D eigenvalue weighted by atomic mass is 16.5. The molecule has 8 heteroatoms. The quantitative estimate of drug-likeness (QED) is 0.650. The van der Waals surface area contributed by atoms with Crippen LogP contribution in [0, 0.1) is 0 Å². The van der Waals surface area contributed by atoms with Crippen LogP contribution in [0.2, 0.25) is 0 Å². The van der Waals surface area contributed by atoms with Crippen LogP contribution >= 0.6 is 0 Å². The molecule has 1 N–H and O–H groups in total. The van der Waals surface area contributed by atoms with Crippen LogP contribution in [0.5, 0.6) is 11.5 Å². The maximum Gasteiger partial charge on any atom is 0.255 e. The molecule has 0 atom stereocenters. The number of nitrogens with zero attached hydrogens (tertiary/aromatic N) is 3. The standard InChI is InChI=1S/C25H24N4O4/c1-32-21-13-19-20(14-22(21)33-16-17-4-9-26-10-5-17)28-24(31)25(19)6-11-29(12-7-25)23(30)18-3-2-8-27-15-18/h2-5,8-10,13-15H,6-7,11-12,16H2,1H3,(H,28,31). The van der Waals surface area contributed by atoms with Crippen molar-refractivity contribution in [2.75, 3.05) is 25.5 Å². The van der Waals surface area contributed by atoms with Gasteiger partial charge in [0.05, 0.1) is 18.1 Å². The van der Waals surface area contributed by atoms with Crippen LogP contribution < -0.4 is 14.8 Å². The molecule has 0 unspecified atom stereocenters. The lowest BCUT2D eigenvalue weighted by Crippen LogP contribution is -2.48. The first-order valence-corrected chi connectivity index (χ1v) is 10.9. The number of aromatic nitrogens is 2. The summed E-state index contributed by atoms with van der Waals surface area (Å²) in [5, 5.41) is 3.03. The monoisotopic (exact) mass is 444 g/mol. The normalized spacial score (nSPS) is 16.3. The second-order valence-electron chi connectivity index (χ2n) is 8.26. The molecule has 8 nitrogen and oxygen atoms in total. The highest BCUT2D eigenvalue weighted by molar-refractivity contribution is 6.07. The van der Waals surface area contributed by atoms with Gasteiger partial charge in [0, 0.05) is 49.6 Å². The number of anilines is 1. The van der Waals surface area contributed by atoms with Gasteiger partial charge in [0.1, 0.15) is 6.61 Å². The molecule has 4 heterocycles. The summed E-state index contributed by atoms with van der Waals surface area (Å²) in [5.74, 6) is 1.04. The fourth-order valence-electron chi connectivity index (χ4n) is 4.60. The molecule has 1 aromatic carbocycles. The molecule has 0 radical (unpaired) electrons. The summed E-state index contributed by atoms with van der Waals surface area (Å²) in [7, 11) is 1.59. The molecule has 2 amide bonds. The molecular formula is C25H24N4O4. The van der Waals surface area contributed by atoms with E-state index in [1.54, 1.807) is 48.9 Å². The number of ether oxygens (including phenoxy) is 2. The molecule has 0 saturated carbocycles. The van der Waals surface area contributed by atoms with Crippen LogP contribution in [0.3, 0.4) is 0 Å². The number of benzene rings is 1. The molecule has 1 fully saturated rings. The third-order valence-electron chi connectivity index (χ3n) is 6.46. The van der Waals surface area contributed by atoms with E-state index in [9.17, 15) is 9.59 Å². The van der Waals surface area contributed by atoms with Gasteiger partial charge in [-0.2, -0.15) is 0 Å². The molecule has 0 bridgehead atoms. The SMILES string of the molecule is COc1cc2c(cc1OCc1ccncc1)NC(=O)C21CCN(C(=O)c2cccnc2)CC1. The summed E-state index contributed by atoms with van der Waals surface area (Å²) in [6.45, 7) is 1.34. The van der Waals surface area contributed by atoms with E-state index in [0.29, 0.717) is 49.6 Å². The molecule has 2 aromatic heterocycles. The zero-order valence-electron chi connectivity index (χ0n) is 18.3. The van der Waals surface area contributed by atoms with E-state index < -0.39 is 5.41 Å². The maximum atomic E-state index is 13.1. The van der Waals surface area contributed by atoms with Crippen molar-refractivity contribution in [2.45, 2.75) is 24.9 Å². The fourth-order valence-corrected chi connectivity index (χ4v) is 4.60. The van der Waals surface area contributed by atoms with E-state index in [4.69, 9.17) is 9.47 Å². The lowest BCUT2D eigenvalue weighted by atomic mass is 9.73. The van der Waals surface area contributed by atoms with Gasteiger partial charge in [-0.3, -0.25) is 19.6 Å². The maximum absolute atomic E-state index is 13.1. The van der Waals surface area contributed by atoms with Crippen molar-refractivity contribution in [1.29, 1.82) is 0 Å². The molecule has 1 spiro atoms. The predicted molar refractivity (Wildman–Crippen MR) is 121 cm³/mol. The van der Waals surface area contributed by atoms with Gasteiger partial charge in [-0.15, -0.1) is 0 Å². The first-order valence-electron chi connectivity index (χ1n) is 10.9. The number of nitrogens with one attached hydrogen (secondary N) is 1. The molecule has 3 aromatic rings. The van der Waals surface area contributed by atoms with Crippen LogP contribution in [0.1, 0.15) is 34.3 Å². The first kappa shape index (κ1) is 20.9. The Labute approximate surface area is 191 Å². The Morgan fingerprint density at radius 2 is 1.88 bits per heavy atom. The molecule has 168 valence electrons. The first-order chi connectivity index (χ1) is 16.1. The Morgan fingerprint density at radius 3 is 2.58 bits per heavy atom. The van der Waals surface area contributed by atoms with Gasteiger partial charge in [0.25, 0.3) is 5.91 Å². The largest absolute Gasteiger partial charge is 0.493 e. The molecule has 2 aliphatic heterocycles. The van der Waals surface area contributed by atoms with Crippen molar-refractivity contribution >= 4 is 17.5 Å². The van der Waals surface area contributed by atoms with E-state index in [-0.39, 0.29) is 11.8 Å². The minimum Gasteiger partial charge on any atom is -0.493 e. The minimum atomic E-state index is -0.683. The summed E-state index contributed by atoms with van der Waals surface area (Å²) in [6.07, 6.45) is 7.73. The number of hydrogen-bond donors (Lipinski definition) is 1. The summed E-state index contributed by atoms with van der Waals surface area (Å²) in [6, 6.07) is 11.0. The summed E-state index contributed by atoms with van der Waals surface area (Å²) in [5.41, 5.74) is 2.49. The number of carbonyl (C=O) groups excluding carboxylic acids is 2. The number of carbonyl (C=O) groups is 2. The average molecular weight is 444 g/mol. The van der Waals surface area contributed by atoms with Gasteiger partial charge in [-0.25, -0.2) is 0 Å². The van der Waals surface area contributed by atoms with E-state index in [2.05, 4.69) is 15.3 Å². The number of hydrogen-bond acceptors (Lipinski definition) is 6. The fraction of sp³-hybridized carbons (Fsp3) is 0.280. The van der Waals surface area contributed by atoms with Crippen LogP contribution in [0.15, 0.2) is 61.2 Å². The van der Waals surface area contributed by atoms with Crippen LogP contribution in [0.4, 0.5) is 5.69 Å². The minimum absolute atomic E-state index is 0.0423. The van der Waals surface area contributed by atoms with Gasteiger partial charge in [-0.1, -0.05) is 0 Å². The molecule has 33 heavy (non-hydrogen) atoms. The summed E-state index contributed by atoms with van der Waals surface area (Å²) >= 11 is 0. The Balaban J connectivity index is 1.36. The van der Waals surface area contributed by atoms with E-state index in [1.807, 2.05) is 24.3 Å². The number of pyridine rings is 2. The van der Waals surface area contributed by atoms with Crippen molar-refractivity contribution < 1.29 is 19.1 Å². The van der Waals surface area contributed by atoms with Crippen molar-refractivity contribution in [3.05, 3.63) is 77.9 Å². The van der Waals surface area contributed by atoms with E-state index in [1.165, 1.54) is 0 Å². The molecule has 5 rings (SSSR count). The average Bonchev–Trinajstić information content (AvgIpc) is 3.13. The summed E-state index contributed by atoms with van der Waals surface area (Å²) in [4.78, 5) is 35.8. The van der Waals surface area contributed by atoms with E-state index >= 15 is 0 Å². The Morgan fingerprint density at radius 1 is 1.09 bits per heavy atom. The number of likely N-dealkylation sites (tertiary alicyclic amines) is 1. The zero-order valence-corrected chi connectivity index (χ0v) is 18.3. The van der Waals surface area contributed by atoms with Crippen molar-refractivity contribution in [2.24, 2.45) is 0 Å². The number of amides is 2. The van der Waals surface area contributed by atoms with Crippen molar-refractivity contribution in [1.82, 2.24) is 14.9 Å². The van der Waals surface area contributed by atoms with Crippen molar-refractivity contribution in [3.63, 3.8) is 0 Å². The molecule has 2 aliphatic rings. The van der Waals surface area contributed by atoms with Crippen LogP contribution in [0.25, 0.3) is 0 Å². The number of methoxy groups -OCH3 is 1. The lowest BCUT2D eigenvalue weighted by Gasteiger charge is -2.38. The number of rotatable bonds is 5. The number of fused-ring (bicyclic) bond motifs is 2. The van der Waals surface area contributed by atoms with Gasteiger partial charge in [0.2, 0.25) is 5.91 Å². The summed E-state index contributed by atoms with van der Waals surface area (Å²) < 4.78 is 11.6. The Hall–Kier alpha value is -3.94. The van der Waals surface area contributed by atoms with Gasteiger partial charge < -0.3 is 19.7 Å².